The number of thioether (sulfide) groups is 1. The van der Waals surface area contributed by atoms with Crippen molar-refractivity contribution in [1.82, 2.24) is 0 Å². The first-order valence-electron chi connectivity index (χ1n) is 4.79. The van der Waals surface area contributed by atoms with E-state index in [9.17, 15) is 0 Å². The summed E-state index contributed by atoms with van der Waals surface area (Å²) in [6.45, 7) is 0. The number of nitrogens with two attached hydrogens (primary N) is 1. The Morgan fingerprint density at radius 1 is 1.07 bits per heavy atom. The monoisotopic (exact) mass is 214 g/mol. The summed E-state index contributed by atoms with van der Waals surface area (Å²) in [4.78, 5) is 1.03. The molecule has 0 bridgehead atoms. The lowest BCUT2D eigenvalue weighted by Crippen LogP contribution is -1.88. The van der Waals surface area contributed by atoms with Crippen LogP contribution in [0.15, 0.2) is 53.4 Å². The van der Waals surface area contributed by atoms with E-state index < -0.39 is 0 Å². The van der Waals surface area contributed by atoms with E-state index in [4.69, 9.17) is 5.73 Å². The first-order valence-corrected chi connectivity index (χ1v) is 5.78. The Labute approximate surface area is 94.3 Å². The number of benzene rings is 2. The van der Waals surface area contributed by atoms with E-state index in [1.807, 2.05) is 36.4 Å². The van der Waals surface area contributed by atoms with Crippen molar-refractivity contribution >= 4 is 17.4 Å². The molecule has 1 radical (unpaired) electrons. The Hall–Kier alpha value is -1.41. The summed E-state index contributed by atoms with van der Waals surface area (Å²) in [5.74, 6) is 0.936. The van der Waals surface area contributed by atoms with E-state index in [2.05, 4.69) is 18.2 Å². The molecule has 2 rings (SSSR count). The topological polar surface area (TPSA) is 26.0 Å². The number of nitrogen functional groups attached to an aromatic ring is 1. The molecule has 2 aromatic rings. The Morgan fingerprint density at radius 2 is 1.87 bits per heavy atom. The molecule has 1 nitrogen and oxygen atoms in total. The summed E-state index contributed by atoms with van der Waals surface area (Å²) in [6.07, 6.45) is 0. The maximum Gasteiger partial charge on any atom is 0.0458 e. The molecule has 0 heterocycles. The molecule has 2 heteroatoms. The molecule has 0 unspecified atom stereocenters. The lowest BCUT2D eigenvalue weighted by atomic mass is 10.2. The van der Waals surface area contributed by atoms with Gasteiger partial charge in [0.25, 0.3) is 0 Å². The Morgan fingerprint density at radius 3 is 2.60 bits per heavy atom. The quantitative estimate of drug-likeness (QED) is 0.626. The SMILES string of the molecule is Nc1ccc[c]c1SCc1ccccc1. The zero-order chi connectivity index (χ0) is 10.5. The fraction of sp³-hybridized carbons (Fsp3) is 0.0769. The maximum atomic E-state index is 5.83. The molecule has 0 atom stereocenters. The van der Waals surface area contributed by atoms with Crippen LogP contribution >= 0.6 is 11.8 Å². The van der Waals surface area contributed by atoms with Crippen molar-refractivity contribution in [2.24, 2.45) is 0 Å². The molecule has 0 amide bonds. The third-order valence-corrected chi connectivity index (χ3v) is 3.19. The molecular formula is C13H12NS. The number of hydrogen-bond acceptors (Lipinski definition) is 2. The molecule has 2 aromatic carbocycles. The van der Waals surface area contributed by atoms with E-state index in [-0.39, 0.29) is 0 Å². The van der Waals surface area contributed by atoms with Gasteiger partial charge in [-0.25, -0.2) is 0 Å². The fourth-order valence-corrected chi connectivity index (χ4v) is 2.18. The van der Waals surface area contributed by atoms with Crippen LogP contribution < -0.4 is 5.73 Å². The van der Waals surface area contributed by atoms with E-state index >= 15 is 0 Å². The van der Waals surface area contributed by atoms with Crippen LogP contribution in [0.2, 0.25) is 0 Å². The normalized spacial score (nSPS) is 10.1. The van der Waals surface area contributed by atoms with Gasteiger partial charge >= 0.3 is 0 Å². The largest absolute Gasteiger partial charge is 0.398 e. The second kappa shape index (κ2) is 4.89. The van der Waals surface area contributed by atoms with Crippen LogP contribution in [0.3, 0.4) is 0 Å². The van der Waals surface area contributed by atoms with Gasteiger partial charge in [0.05, 0.1) is 0 Å². The van der Waals surface area contributed by atoms with Gasteiger partial charge in [0, 0.05) is 16.3 Å². The minimum Gasteiger partial charge on any atom is -0.398 e. The molecule has 2 N–H and O–H groups in total. The summed E-state index contributed by atoms with van der Waals surface area (Å²) >= 11 is 1.72. The molecule has 0 aliphatic carbocycles. The molecule has 0 aliphatic heterocycles. The van der Waals surface area contributed by atoms with Crippen LogP contribution in [0.1, 0.15) is 5.56 Å². The molecule has 0 aromatic heterocycles. The predicted molar refractivity (Wildman–Crippen MR) is 65.7 cm³/mol. The average Bonchev–Trinajstić information content (AvgIpc) is 2.29. The lowest BCUT2D eigenvalue weighted by molar-refractivity contribution is 1.38. The second-order valence-electron chi connectivity index (χ2n) is 3.23. The van der Waals surface area contributed by atoms with Crippen molar-refractivity contribution in [2.75, 3.05) is 5.73 Å². The maximum absolute atomic E-state index is 5.83. The fourth-order valence-electron chi connectivity index (χ4n) is 1.29. The van der Waals surface area contributed by atoms with Gasteiger partial charge in [-0.05, 0) is 17.7 Å². The molecule has 0 saturated carbocycles. The smallest absolute Gasteiger partial charge is 0.0458 e. The number of anilines is 1. The van der Waals surface area contributed by atoms with Crippen LogP contribution in [0, 0.1) is 6.07 Å². The van der Waals surface area contributed by atoms with Crippen molar-refractivity contribution in [2.45, 2.75) is 10.6 Å². The highest BCUT2D eigenvalue weighted by atomic mass is 32.2. The van der Waals surface area contributed by atoms with Gasteiger partial charge in [0.2, 0.25) is 0 Å². The van der Waals surface area contributed by atoms with Gasteiger partial charge in [0.1, 0.15) is 0 Å². The number of hydrogen-bond donors (Lipinski definition) is 1. The van der Waals surface area contributed by atoms with Crippen molar-refractivity contribution in [3.63, 3.8) is 0 Å². The van der Waals surface area contributed by atoms with E-state index in [1.54, 1.807) is 11.8 Å². The third-order valence-electron chi connectivity index (χ3n) is 2.07. The van der Waals surface area contributed by atoms with Gasteiger partial charge in [-0.2, -0.15) is 0 Å². The van der Waals surface area contributed by atoms with Gasteiger partial charge in [-0.15, -0.1) is 11.8 Å². The molecule has 15 heavy (non-hydrogen) atoms. The molecule has 0 aliphatic rings. The molecular weight excluding hydrogens is 202 g/mol. The Balaban J connectivity index is 2.03. The average molecular weight is 214 g/mol. The van der Waals surface area contributed by atoms with Gasteiger partial charge in [-0.3, -0.25) is 0 Å². The summed E-state index contributed by atoms with van der Waals surface area (Å²) < 4.78 is 0. The summed E-state index contributed by atoms with van der Waals surface area (Å²) in [7, 11) is 0. The Kier molecular flexibility index (Phi) is 3.30. The second-order valence-corrected chi connectivity index (χ2v) is 4.21. The van der Waals surface area contributed by atoms with Crippen LogP contribution in [0.4, 0.5) is 5.69 Å². The lowest BCUT2D eigenvalue weighted by Gasteiger charge is -2.04. The highest BCUT2D eigenvalue weighted by Crippen LogP contribution is 2.26. The first-order chi connectivity index (χ1) is 7.36. The minimum absolute atomic E-state index is 0.804. The zero-order valence-electron chi connectivity index (χ0n) is 8.31. The molecule has 0 saturated heterocycles. The predicted octanol–water partition coefficient (Wildman–Crippen LogP) is 3.36. The third kappa shape index (κ3) is 2.77. The van der Waals surface area contributed by atoms with Crippen molar-refractivity contribution in [3.05, 3.63) is 60.2 Å². The molecule has 0 fully saturated rings. The first kappa shape index (κ1) is 10.1. The van der Waals surface area contributed by atoms with Crippen LogP contribution in [0.25, 0.3) is 0 Å². The summed E-state index contributed by atoms with van der Waals surface area (Å²) in [5, 5.41) is 0. The minimum atomic E-state index is 0.804. The standard InChI is InChI=1S/C13H12NS/c14-12-8-4-5-9-13(12)15-10-11-6-2-1-3-7-11/h1-8H,10,14H2. The van der Waals surface area contributed by atoms with Gasteiger partial charge in [0.15, 0.2) is 0 Å². The highest BCUT2D eigenvalue weighted by molar-refractivity contribution is 7.98. The Bertz CT molecular complexity index is 426. The van der Waals surface area contributed by atoms with E-state index in [0.29, 0.717) is 0 Å². The van der Waals surface area contributed by atoms with Gasteiger partial charge in [-0.1, -0.05) is 42.5 Å². The van der Waals surface area contributed by atoms with Crippen molar-refractivity contribution < 1.29 is 0 Å². The zero-order valence-corrected chi connectivity index (χ0v) is 9.13. The van der Waals surface area contributed by atoms with Crippen LogP contribution in [-0.2, 0) is 5.75 Å². The van der Waals surface area contributed by atoms with Crippen LogP contribution in [0.5, 0.6) is 0 Å². The van der Waals surface area contributed by atoms with E-state index in [0.717, 1.165) is 16.3 Å². The molecule has 75 valence electrons. The highest BCUT2D eigenvalue weighted by Gasteiger charge is 1.99. The summed E-state index contributed by atoms with van der Waals surface area (Å²) in [5.41, 5.74) is 7.94. The summed E-state index contributed by atoms with van der Waals surface area (Å²) in [6, 6.07) is 19.2. The van der Waals surface area contributed by atoms with Crippen LogP contribution in [-0.4, -0.2) is 0 Å². The molecule has 0 spiro atoms. The van der Waals surface area contributed by atoms with E-state index in [1.165, 1.54) is 5.56 Å². The van der Waals surface area contributed by atoms with Crippen molar-refractivity contribution in [1.29, 1.82) is 0 Å². The number of rotatable bonds is 3. The van der Waals surface area contributed by atoms with Gasteiger partial charge < -0.3 is 5.73 Å². The van der Waals surface area contributed by atoms with Crippen molar-refractivity contribution in [3.8, 4) is 0 Å².